The third-order valence-corrected chi connectivity index (χ3v) is 3.44. The lowest BCUT2D eigenvalue weighted by molar-refractivity contribution is -0.0275. The smallest absolute Gasteiger partial charge is 0.127 e. The van der Waals surface area contributed by atoms with Crippen LogP contribution in [0.2, 0.25) is 5.02 Å². The number of halogens is 2. The third-order valence-electron chi connectivity index (χ3n) is 3.09. The van der Waals surface area contributed by atoms with Gasteiger partial charge < -0.3 is 10.5 Å². The van der Waals surface area contributed by atoms with E-state index in [1.165, 1.54) is 6.07 Å². The molecular weight excluding hydrogens is 265 g/mol. The second kappa shape index (κ2) is 6.69. The normalized spacial score (nSPS) is 15.3. The van der Waals surface area contributed by atoms with E-state index in [1.807, 2.05) is 6.92 Å². The summed E-state index contributed by atoms with van der Waals surface area (Å²) in [5, 5.41) is 0.416. The van der Waals surface area contributed by atoms with Crippen molar-refractivity contribution in [2.24, 2.45) is 11.1 Å². The minimum absolute atomic E-state index is 0.104. The summed E-state index contributed by atoms with van der Waals surface area (Å²) in [5.41, 5.74) is 6.57. The molecule has 0 aliphatic rings. The Morgan fingerprint density at radius 3 is 2.47 bits per heavy atom. The Bertz CT molecular complexity index is 397. The average Bonchev–Trinajstić information content (AvgIpc) is 2.29. The fourth-order valence-corrected chi connectivity index (χ4v) is 2.51. The van der Waals surface area contributed by atoms with Gasteiger partial charge in [-0.3, -0.25) is 0 Å². The van der Waals surface area contributed by atoms with E-state index < -0.39 is 0 Å². The van der Waals surface area contributed by atoms with E-state index in [9.17, 15) is 4.39 Å². The molecule has 1 aromatic rings. The summed E-state index contributed by atoms with van der Waals surface area (Å²) in [7, 11) is 0. The third kappa shape index (κ3) is 4.44. The van der Waals surface area contributed by atoms with Crippen LogP contribution in [0.15, 0.2) is 18.2 Å². The Hall–Kier alpha value is -0.640. The van der Waals surface area contributed by atoms with E-state index in [2.05, 4.69) is 20.8 Å². The molecule has 0 saturated carbocycles. The highest BCUT2D eigenvalue weighted by atomic mass is 35.5. The average molecular weight is 288 g/mol. The van der Waals surface area contributed by atoms with Gasteiger partial charge in [0, 0.05) is 23.2 Å². The first-order chi connectivity index (χ1) is 8.77. The summed E-state index contributed by atoms with van der Waals surface area (Å²) in [4.78, 5) is 0. The molecule has 0 heterocycles. The monoisotopic (exact) mass is 287 g/mol. The fourth-order valence-electron chi connectivity index (χ4n) is 2.27. The maximum absolute atomic E-state index is 13.8. The molecule has 0 aromatic heterocycles. The molecule has 2 unspecified atom stereocenters. The predicted molar refractivity (Wildman–Crippen MR) is 78.0 cm³/mol. The van der Waals surface area contributed by atoms with Crippen LogP contribution in [0.5, 0.6) is 0 Å². The maximum atomic E-state index is 13.8. The first-order valence-electron chi connectivity index (χ1n) is 6.57. The van der Waals surface area contributed by atoms with Gasteiger partial charge in [-0.15, -0.1) is 0 Å². The standard InChI is InChI=1S/C15H23ClFNO/c1-5-19-14(15(2,3)4)13(18)9-10-11(16)7-6-8-12(10)17/h6-8,13-14H,5,9,18H2,1-4H3. The zero-order valence-corrected chi connectivity index (χ0v) is 12.8. The van der Waals surface area contributed by atoms with Gasteiger partial charge in [0.2, 0.25) is 0 Å². The SMILES string of the molecule is CCOC(C(N)Cc1c(F)cccc1Cl)C(C)(C)C. The zero-order chi connectivity index (χ0) is 14.6. The van der Waals surface area contributed by atoms with Crippen molar-refractivity contribution in [2.45, 2.75) is 46.3 Å². The van der Waals surface area contributed by atoms with E-state index in [4.69, 9.17) is 22.1 Å². The zero-order valence-electron chi connectivity index (χ0n) is 12.0. The van der Waals surface area contributed by atoms with Gasteiger partial charge in [0.1, 0.15) is 5.82 Å². The number of hydrogen-bond donors (Lipinski definition) is 1. The van der Waals surface area contributed by atoms with E-state index in [0.717, 1.165) is 0 Å². The van der Waals surface area contributed by atoms with E-state index in [1.54, 1.807) is 12.1 Å². The minimum Gasteiger partial charge on any atom is -0.376 e. The van der Waals surface area contributed by atoms with E-state index in [0.29, 0.717) is 23.6 Å². The van der Waals surface area contributed by atoms with Gasteiger partial charge in [-0.05, 0) is 30.9 Å². The number of nitrogens with two attached hydrogens (primary N) is 1. The predicted octanol–water partition coefficient (Wildman–Crippen LogP) is 3.80. The highest BCUT2D eigenvalue weighted by Crippen LogP contribution is 2.28. The number of benzene rings is 1. The van der Waals surface area contributed by atoms with Crippen molar-refractivity contribution in [1.82, 2.24) is 0 Å². The van der Waals surface area contributed by atoms with Gasteiger partial charge in [-0.2, -0.15) is 0 Å². The summed E-state index contributed by atoms with van der Waals surface area (Å²) >= 11 is 6.03. The Balaban J connectivity index is 2.90. The van der Waals surface area contributed by atoms with Crippen LogP contribution >= 0.6 is 11.6 Å². The first-order valence-corrected chi connectivity index (χ1v) is 6.95. The molecule has 1 rings (SSSR count). The van der Waals surface area contributed by atoms with Gasteiger partial charge in [0.05, 0.1) is 6.10 Å². The molecule has 2 nitrogen and oxygen atoms in total. The maximum Gasteiger partial charge on any atom is 0.127 e. The number of rotatable bonds is 5. The lowest BCUT2D eigenvalue weighted by Gasteiger charge is -2.35. The molecule has 2 N–H and O–H groups in total. The van der Waals surface area contributed by atoms with Gasteiger partial charge >= 0.3 is 0 Å². The van der Waals surface area contributed by atoms with E-state index >= 15 is 0 Å². The second-order valence-electron chi connectivity index (χ2n) is 5.81. The fraction of sp³-hybridized carbons (Fsp3) is 0.600. The molecule has 0 bridgehead atoms. The molecule has 0 aliphatic carbocycles. The minimum atomic E-state index is -0.313. The van der Waals surface area contributed by atoms with Gasteiger partial charge in [0.25, 0.3) is 0 Å². The van der Waals surface area contributed by atoms with Crippen LogP contribution in [0.3, 0.4) is 0 Å². The van der Waals surface area contributed by atoms with Crippen LogP contribution < -0.4 is 5.73 Å². The molecule has 0 saturated heterocycles. The summed E-state index contributed by atoms with van der Waals surface area (Å²) in [5.74, 6) is -0.313. The molecule has 0 fully saturated rings. The molecular formula is C15H23ClFNO. The molecule has 0 spiro atoms. The van der Waals surface area contributed by atoms with Gasteiger partial charge in [-0.25, -0.2) is 4.39 Å². The van der Waals surface area contributed by atoms with Crippen LogP contribution in [0.4, 0.5) is 4.39 Å². The molecule has 108 valence electrons. The molecule has 1 aromatic carbocycles. The summed E-state index contributed by atoms with van der Waals surface area (Å²) in [6.45, 7) is 8.71. The Kier molecular flexibility index (Phi) is 5.78. The van der Waals surface area contributed by atoms with Crippen molar-refractivity contribution in [3.8, 4) is 0 Å². The van der Waals surface area contributed by atoms with Crippen molar-refractivity contribution in [3.05, 3.63) is 34.6 Å². The van der Waals surface area contributed by atoms with E-state index in [-0.39, 0.29) is 23.4 Å². The molecule has 0 radical (unpaired) electrons. The topological polar surface area (TPSA) is 35.2 Å². The van der Waals surface area contributed by atoms with Crippen LogP contribution in [-0.2, 0) is 11.2 Å². The highest BCUT2D eigenvalue weighted by Gasteiger charge is 2.31. The van der Waals surface area contributed by atoms with Gasteiger partial charge in [0.15, 0.2) is 0 Å². The van der Waals surface area contributed by atoms with Crippen molar-refractivity contribution in [2.75, 3.05) is 6.61 Å². The Morgan fingerprint density at radius 2 is 2.00 bits per heavy atom. The lowest BCUT2D eigenvalue weighted by Crippen LogP contribution is -2.46. The molecule has 19 heavy (non-hydrogen) atoms. The van der Waals surface area contributed by atoms with Crippen LogP contribution in [-0.4, -0.2) is 18.8 Å². The highest BCUT2D eigenvalue weighted by molar-refractivity contribution is 6.31. The number of ether oxygens (including phenoxy) is 1. The first kappa shape index (κ1) is 16.4. The molecule has 2 atom stereocenters. The molecule has 4 heteroatoms. The molecule has 0 amide bonds. The lowest BCUT2D eigenvalue weighted by atomic mass is 9.82. The van der Waals surface area contributed by atoms with Crippen molar-refractivity contribution in [1.29, 1.82) is 0 Å². The number of hydrogen-bond acceptors (Lipinski definition) is 2. The van der Waals surface area contributed by atoms with Crippen LogP contribution in [0, 0.1) is 11.2 Å². The van der Waals surface area contributed by atoms with Crippen LogP contribution in [0.25, 0.3) is 0 Å². The van der Waals surface area contributed by atoms with Crippen LogP contribution in [0.1, 0.15) is 33.3 Å². The van der Waals surface area contributed by atoms with Gasteiger partial charge in [-0.1, -0.05) is 38.4 Å². The van der Waals surface area contributed by atoms with Crippen molar-refractivity contribution >= 4 is 11.6 Å². The van der Waals surface area contributed by atoms with Crippen molar-refractivity contribution in [3.63, 3.8) is 0 Å². The second-order valence-corrected chi connectivity index (χ2v) is 6.22. The van der Waals surface area contributed by atoms with Crippen molar-refractivity contribution < 1.29 is 9.13 Å². The Labute approximate surface area is 120 Å². The summed E-state index contributed by atoms with van der Waals surface area (Å²) in [6, 6.07) is 4.38. The summed E-state index contributed by atoms with van der Waals surface area (Å²) in [6.07, 6.45) is 0.223. The molecule has 0 aliphatic heterocycles. The largest absolute Gasteiger partial charge is 0.376 e. The Morgan fingerprint density at radius 1 is 1.37 bits per heavy atom. The summed E-state index contributed by atoms with van der Waals surface area (Å²) < 4.78 is 19.5. The quantitative estimate of drug-likeness (QED) is 0.894.